The molecule has 0 radical (unpaired) electrons. The number of carboxylic acids is 1. The summed E-state index contributed by atoms with van der Waals surface area (Å²) in [5, 5.41) is 9.02. The number of allylic oxidation sites excluding steroid dienone is 1. The molecule has 0 saturated heterocycles. The molecular formula is C16H26O3S. The molecule has 1 N–H and O–H groups in total. The molecule has 114 valence electrons. The number of carboxylic acid groups (broad SMARTS) is 1. The summed E-state index contributed by atoms with van der Waals surface area (Å²) in [4.78, 5) is 23.0. The first-order valence-corrected chi connectivity index (χ1v) is 8.37. The molecule has 2 unspecified atom stereocenters. The number of hydrogen-bond acceptors (Lipinski definition) is 3. The number of carbonyl (C=O) groups excluding carboxylic acids is 1. The number of aliphatic carboxylic acids is 1. The van der Waals surface area contributed by atoms with E-state index in [1.54, 1.807) is 17.8 Å². The normalized spacial score (nSPS) is 25.1. The summed E-state index contributed by atoms with van der Waals surface area (Å²) in [6.45, 7) is 8.11. The molecule has 4 heteroatoms. The van der Waals surface area contributed by atoms with Gasteiger partial charge in [-0.25, -0.2) is 0 Å². The van der Waals surface area contributed by atoms with Crippen molar-refractivity contribution < 1.29 is 14.7 Å². The number of hydrogen-bond donors (Lipinski definition) is 1. The fraction of sp³-hybridized carbons (Fsp3) is 0.750. The SMILES string of the molecule is C=CCCC(=O)C1CC(C)(C)CCC1SCCC(=O)O. The summed E-state index contributed by atoms with van der Waals surface area (Å²) >= 11 is 1.67. The van der Waals surface area contributed by atoms with Gasteiger partial charge in [-0.3, -0.25) is 9.59 Å². The van der Waals surface area contributed by atoms with Gasteiger partial charge >= 0.3 is 5.97 Å². The Labute approximate surface area is 126 Å². The van der Waals surface area contributed by atoms with Crippen molar-refractivity contribution in [3.05, 3.63) is 12.7 Å². The second kappa shape index (κ2) is 7.87. The van der Waals surface area contributed by atoms with E-state index in [9.17, 15) is 9.59 Å². The quantitative estimate of drug-likeness (QED) is 0.690. The second-order valence-electron chi connectivity index (χ2n) is 6.36. The standard InChI is InChI=1S/C16H26O3S/c1-4-5-6-13(17)12-11-16(2,3)9-7-14(12)20-10-8-15(18)19/h4,12,14H,1,5-11H2,2-3H3,(H,18,19). The van der Waals surface area contributed by atoms with Crippen molar-refractivity contribution in [2.45, 2.75) is 57.6 Å². The molecule has 1 fully saturated rings. The van der Waals surface area contributed by atoms with Crippen LogP contribution in [0.15, 0.2) is 12.7 Å². The fourth-order valence-corrected chi connectivity index (χ4v) is 4.17. The number of rotatable bonds is 8. The van der Waals surface area contributed by atoms with Crippen LogP contribution in [-0.2, 0) is 9.59 Å². The van der Waals surface area contributed by atoms with Crippen molar-refractivity contribution in [1.82, 2.24) is 0 Å². The first-order valence-electron chi connectivity index (χ1n) is 7.33. The van der Waals surface area contributed by atoms with E-state index in [1.165, 1.54) is 0 Å². The molecule has 3 nitrogen and oxygen atoms in total. The maximum atomic E-state index is 12.4. The Kier molecular flexibility index (Phi) is 6.80. The first-order chi connectivity index (χ1) is 9.35. The zero-order chi connectivity index (χ0) is 15.2. The van der Waals surface area contributed by atoms with E-state index in [2.05, 4.69) is 20.4 Å². The van der Waals surface area contributed by atoms with Gasteiger partial charge in [0.15, 0.2) is 0 Å². The minimum absolute atomic E-state index is 0.0810. The predicted molar refractivity (Wildman–Crippen MR) is 84.1 cm³/mol. The fourth-order valence-electron chi connectivity index (χ4n) is 2.81. The summed E-state index contributed by atoms with van der Waals surface area (Å²) in [7, 11) is 0. The molecule has 0 aromatic carbocycles. The Morgan fingerprint density at radius 3 is 2.70 bits per heavy atom. The smallest absolute Gasteiger partial charge is 0.304 e. The highest BCUT2D eigenvalue weighted by Crippen LogP contribution is 2.44. The van der Waals surface area contributed by atoms with E-state index >= 15 is 0 Å². The molecule has 1 rings (SSSR count). The monoisotopic (exact) mass is 298 g/mol. The molecule has 1 aliphatic rings. The highest BCUT2D eigenvalue weighted by atomic mass is 32.2. The van der Waals surface area contributed by atoms with Crippen molar-refractivity contribution in [1.29, 1.82) is 0 Å². The maximum Gasteiger partial charge on any atom is 0.304 e. The third-order valence-electron chi connectivity index (χ3n) is 3.98. The summed E-state index contributed by atoms with van der Waals surface area (Å²) in [5.74, 6) is 0.247. The van der Waals surface area contributed by atoms with E-state index < -0.39 is 5.97 Å². The van der Waals surface area contributed by atoms with Crippen LogP contribution in [0.25, 0.3) is 0 Å². The Hall–Kier alpha value is -0.770. The Balaban J connectivity index is 2.61. The van der Waals surface area contributed by atoms with E-state index in [-0.39, 0.29) is 17.8 Å². The van der Waals surface area contributed by atoms with Crippen LogP contribution in [0.5, 0.6) is 0 Å². The van der Waals surface area contributed by atoms with Crippen LogP contribution in [0.4, 0.5) is 0 Å². The number of thioether (sulfide) groups is 1. The first kappa shape index (κ1) is 17.3. The molecule has 0 aliphatic heterocycles. The summed E-state index contributed by atoms with van der Waals surface area (Å²) in [5.41, 5.74) is 0.221. The van der Waals surface area contributed by atoms with E-state index in [4.69, 9.17) is 5.11 Å². The van der Waals surface area contributed by atoms with Gasteiger partial charge in [-0.15, -0.1) is 6.58 Å². The van der Waals surface area contributed by atoms with Gasteiger partial charge in [-0.2, -0.15) is 11.8 Å². The highest BCUT2D eigenvalue weighted by Gasteiger charge is 2.38. The van der Waals surface area contributed by atoms with E-state index in [0.717, 1.165) is 25.7 Å². The summed E-state index contributed by atoms with van der Waals surface area (Å²) in [6.07, 6.45) is 6.33. The highest BCUT2D eigenvalue weighted by molar-refractivity contribution is 7.99. The third-order valence-corrected chi connectivity index (χ3v) is 5.42. The Morgan fingerprint density at radius 2 is 2.10 bits per heavy atom. The van der Waals surface area contributed by atoms with Gasteiger partial charge in [0.2, 0.25) is 0 Å². The lowest BCUT2D eigenvalue weighted by Crippen LogP contribution is -2.36. The van der Waals surface area contributed by atoms with Gasteiger partial charge in [0, 0.05) is 23.3 Å². The molecule has 1 aliphatic carbocycles. The Morgan fingerprint density at radius 1 is 1.40 bits per heavy atom. The zero-order valence-electron chi connectivity index (χ0n) is 12.6. The van der Waals surface area contributed by atoms with Crippen molar-refractivity contribution in [3.63, 3.8) is 0 Å². The van der Waals surface area contributed by atoms with Crippen molar-refractivity contribution in [2.24, 2.45) is 11.3 Å². The molecular weight excluding hydrogens is 272 g/mol. The van der Waals surface area contributed by atoms with Gasteiger partial charge < -0.3 is 5.11 Å². The molecule has 20 heavy (non-hydrogen) atoms. The lowest BCUT2D eigenvalue weighted by atomic mass is 9.70. The number of Topliss-reactive ketones (excluding diaryl/α,β-unsaturated/α-hetero) is 1. The lowest BCUT2D eigenvalue weighted by Gasteiger charge is -2.39. The molecule has 0 aromatic heterocycles. The molecule has 2 atom stereocenters. The number of ketones is 1. The van der Waals surface area contributed by atoms with Crippen LogP contribution in [-0.4, -0.2) is 27.9 Å². The van der Waals surface area contributed by atoms with E-state index in [0.29, 0.717) is 23.2 Å². The van der Waals surface area contributed by atoms with Crippen LogP contribution >= 0.6 is 11.8 Å². The average molecular weight is 298 g/mol. The zero-order valence-corrected chi connectivity index (χ0v) is 13.4. The minimum Gasteiger partial charge on any atom is -0.481 e. The van der Waals surface area contributed by atoms with Crippen LogP contribution in [0.1, 0.15) is 52.4 Å². The van der Waals surface area contributed by atoms with Crippen molar-refractivity contribution >= 4 is 23.5 Å². The molecule has 0 amide bonds. The predicted octanol–water partition coefficient (Wildman–Crippen LogP) is 3.92. The van der Waals surface area contributed by atoms with Crippen LogP contribution in [0.3, 0.4) is 0 Å². The van der Waals surface area contributed by atoms with Gasteiger partial charge in [-0.1, -0.05) is 19.9 Å². The Bertz CT molecular complexity index is 363. The van der Waals surface area contributed by atoms with Gasteiger partial charge in [0.1, 0.15) is 5.78 Å². The topological polar surface area (TPSA) is 54.4 Å². The lowest BCUT2D eigenvalue weighted by molar-refractivity contribution is -0.136. The van der Waals surface area contributed by atoms with Gasteiger partial charge in [0.05, 0.1) is 6.42 Å². The van der Waals surface area contributed by atoms with E-state index in [1.807, 2.05) is 0 Å². The number of carbonyl (C=O) groups is 2. The summed E-state index contributed by atoms with van der Waals surface area (Å²) < 4.78 is 0. The third kappa shape index (κ3) is 5.70. The second-order valence-corrected chi connectivity index (χ2v) is 7.71. The molecule has 0 aromatic rings. The van der Waals surface area contributed by atoms with Crippen molar-refractivity contribution in [3.8, 4) is 0 Å². The molecule has 0 spiro atoms. The maximum absolute atomic E-state index is 12.4. The summed E-state index contributed by atoms with van der Waals surface area (Å²) in [6, 6.07) is 0. The van der Waals surface area contributed by atoms with Crippen molar-refractivity contribution in [2.75, 3.05) is 5.75 Å². The molecule has 0 bridgehead atoms. The van der Waals surface area contributed by atoms with Crippen LogP contribution < -0.4 is 0 Å². The van der Waals surface area contributed by atoms with Crippen LogP contribution in [0, 0.1) is 11.3 Å². The van der Waals surface area contributed by atoms with Crippen LogP contribution in [0.2, 0.25) is 0 Å². The largest absolute Gasteiger partial charge is 0.481 e. The molecule has 0 heterocycles. The van der Waals surface area contributed by atoms with Gasteiger partial charge in [0.25, 0.3) is 0 Å². The average Bonchev–Trinajstić information content (AvgIpc) is 2.36. The van der Waals surface area contributed by atoms with Gasteiger partial charge in [-0.05, 0) is 31.1 Å². The minimum atomic E-state index is -0.761. The molecule has 1 saturated carbocycles.